The zero-order valence-corrected chi connectivity index (χ0v) is 14.6. The van der Waals surface area contributed by atoms with Crippen molar-refractivity contribution in [3.63, 3.8) is 0 Å². The van der Waals surface area contributed by atoms with E-state index in [0.29, 0.717) is 11.6 Å². The molecule has 0 spiro atoms. The summed E-state index contributed by atoms with van der Waals surface area (Å²) in [7, 11) is 1.58. The number of H-pyrrole nitrogens is 1. The first-order valence-corrected chi connectivity index (χ1v) is 8.72. The third-order valence-corrected chi connectivity index (χ3v) is 4.76. The number of carbonyl (C=O) groups is 1. The van der Waals surface area contributed by atoms with Gasteiger partial charge in [0.05, 0.1) is 18.1 Å². The van der Waals surface area contributed by atoms with Gasteiger partial charge in [0.2, 0.25) is 5.88 Å². The van der Waals surface area contributed by atoms with E-state index in [1.54, 1.807) is 19.2 Å². The van der Waals surface area contributed by atoms with Gasteiger partial charge in [-0.25, -0.2) is 4.98 Å². The van der Waals surface area contributed by atoms with Gasteiger partial charge in [-0.1, -0.05) is 0 Å². The number of carbonyl (C=O) groups excluding carboxylic acids is 1. The number of piperidine rings is 1. The number of nitrogens with one attached hydrogen (secondary N) is 2. The average Bonchev–Trinajstić information content (AvgIpc) is 3.12. The maximum absolute atomic E-state index is 12.6. The summed E-state index contributed by atoms with van der Waals surface area (Å²) in [6, 6.07) is 9.62. The smallest absolute Gasteiger partial charge is 0.268 e. The molecule has 0 aliphatic carbocycles. The summed E-state index contributed by atoms with van der Waals surface area (Å²) in [5.74, 6) is 0.441. The van der Waals surface area contributed by atoms with E-state index >= 15 is 0 Å². The lowest BCUT2D eigenvalue weighted by atomic mass is 10.0. The van der Waals surface area contributed by atoms with E-state index in [4.69, 9.17) is 4.74 Å². The van der Waals surface area contributed by atoms with Crippen molar-refractivity contribution in [2.24, 2.45) is 0 Å². The zero-order valence-electron chi connectivity index (χ0n) is 14.6. The van der Waals surface area contributed by atoms with Crippen molar-refractivity contribution in [1.29, 1.82) is 0 Å². The number of hydrogen-bond donors (Lipinski definition) is 2. The Morgan fingerprint density at radius 1 is 1.23 bits per heavy atom. The summed E-state index contributed by atoms with van der Waals surface area (Å²) >= 11 is 0. The highest BCUT2D eigenvalue weighted by Crippen LogP contribution is 2.20. The highest BCUT2D eigenvalue weighted by molar-refractivity contribution is 5.97. The molecular weight excluding hydrogens is 330 g/mol. The molecule has 1 saturated heterocycles. The summed E-state index contributed by atoms with van der Waals surface area (Å²) in [4.78, 5) is 26.4. The predicted molar refractivity (Wildman–Crippen MR) is 99.6 cm³/mol. The number of amides is 1. The molecule has 1 amide bonds. The van der Waals surface area contributed by atoms with Crippen LogP contribution in [0.15, 0.2) is 42.7 Å². The Morgan fingerprint density at radius 3 is 2.73 bits per heavy atom. The van der Waals surface area contributed by atoms with Crippen LogP contribution in [-0.2, 0) is 0 Å². The first-order chi connectivity index (χ1) is 12.7. The maximum Gasteiger partial charge on any atom is 0.268 e. The van der Waals surface area contributed by atoms with Crippen molar-refractivity contribution >= 4 is 22.6 Å². The Labute approximate surface area is 151 Å². The van der Waals surface area contributed by atoms with Gasteiger partial charge in [0.25, 0.3) is 5.91 Å². The normalized spacial score (nSPS) is 15.2. The summed E-state index contributed by atoms with van der Waals surface area (Å²) in [5.41, 5.74) is 3.25. The van der Waals surface area contributed by atoms with Gasteiger partial charge >= 0.3 is 0 Å². The van der Waals surface area contributed by atoms with Crippen molar-refractivity contribution in [1.82, 2.24) is 20.3 Å². The van der Waals surface area contributed by atoms with Crippen LogP contribution in [0.2, 0.25) is 0 Å². The summed E-state index contributed by atoms with van der Waals surface area (Å²) in [6.07, 6.45) is 5.45. The van der Waals surface area contributed by atoms with E-state index in [2.05, 4.69) is 25.2 Å². The van der Waals surface area contributed by atoms with Crippen LogP contribution in [0.1, 0.15) is 23.3 Å². The molecule has 0 aromatic carbocycles. The lowest BCUT2D eigenvalue weighted by Gasteiger charge is -2.33. The van der Waals surface area contributed by atoms with E-state index in [9.17, 15) is 4.79 Å². The molecule has 0 bridgehead atoms. The summed E-state index contributed by atoms with van der Waals surface area (Å²) < 4.78 is 5.13. The van der Waals surface area contributed by atoms with Gasteiger partial charge in [-0.15, -0.1) is 0 Å². The molecule has 0 saturated carbocycles. The fourth-order valence-corrected chi connectivity index (χ4v) is 3.33. The van der Waals surface area contributed by atoms with E-state index in [0.717, 1.165) is 37.0 Å². The Morgan fingerprint density at radius 2 is 2.00 bits per heavy atom. The summed E-state index contributed by atoms with van der Waals surface area (Å²) in [6.45, 7) is 1.83. The number of nitrogens with zero attached hydrogens (tertiary/aromatic N) is 3. The first kappa shape index (κ1) is 16.4. The van der Waals surface area contributed by atoms with Crippen molar-refractivity contribution in [3.8, 4) is 5.88 Å². The SMILES string of the molecule is COc1ccc2[nH]c(C(=O)NC3CCN(c4ccncc4)CC3)cc2n1. The van der Waals surface area contributed by atoms with Gasteiger partial charge in [-0.2, -0.15) is 0 Å². The average molecular weight is 351 g/mol. The molecule has 1 aliphatic rings. The number of anilines is 1. The Kier molecular flexibility index (Phi) is 4.43. The van der Waals surface area contributed by atoms with E-state index < -0.39 is 0 Å². The van der Waals surface area contributed by atoms with E-state index in [-0.39, 0.29) is 11.9 Å². The van der Waals surface area contributed by atoms with Gasteiger partial charge in [0.1, 0.15) is 5.69 Å². The molecule has 3 aromatic heterocycles. The third kappa shape index (κ3) is 3.33. The van der Waals surface area contributed by atoms with Crippen LogP contribution < -0.4 is 15.0 Å². The van der Waals surface area contributed by atoms with Gasteiger partial charge in [0.15, 0.2) is 0 Å². The van der Waals surface area contributed by atoms with Crippen LogP contribution in [0.25, 0.3) is 11.0 Å². The molecule has 1 fully saturated rings. The highest BCUT2D eigenvalue weighted by atomic mass is 16.5. The number of ether oxygens (including phenoxy) is 1. The highest BCUT2D eigenvalue weighted by Gasteiger charge is 2.22. The number of hydrogen-bond acceptors (Lipinski definition) is 5. The molecule has 0 atom stereocenters. The van der Waals surface area contributed by atoms with Gasteiger partial charge in [0, 0.05) is 43.3 Å². The monoisotopic (exact) mass is 351 g/mol. The summed E-state index contributed by atoms with van der Waals surface area (Å²) in [5, 5.41) is 3.13. The molecule has 134 valence electrons. The number of fused-ring (bicyclic) bond motifs is 1. The minimum Gasteiger partial charge on any atom is -0.481 e. The van der Waals surface area contributed by atoms with Gasteiger partial charge < -0.3 is 19.9 Å². The second-order valence-corrected chi connectivity index (χ2v) is 6.41. The minimum absolute atomic E-state index is 0.0932. The van der Waals surface area contributed by atoms with E-state index in [1.165, 1.54) is 5.69 Å². The van der Waals surface area contributed by atoms with Crippen LogP contribution in [0.3, 0.4) is 0 Å². The van der Waals surface area contributed by atoms with Crippen LogP contribution >= 0.6 is 0 Å². The lowest BCUT2D eigenvalue weighted by Crippen LogP contribution is -2.44. The predicted octanol–water partition coefficient (Wildman–Crippen LogP) is 2.37. The molecule has 7 heteroatoms. The minimum atomic E-state index is -0.0932. The van der Waals surface area contributed by atoms with Crippen molar-refractivity contribution in [2.45, 2.75) is 18.9 Å². The molecule has 4 heterocycles. The van der Waals surface area contributed by atoms with E-state index in [1.807, 2.05) is 30.6 Å². The maximum atomic E-state index is 12.6. The molecule has 7 nitrogen and oxygen atoms in total. The van der Waals surface area contributed by atoms with Crippen LogP contribution in [0, 0.1) is 0 Å². The quantitative estimate of drug-likeness (QED) is 0.754. The number of pyridine rings is 2. The van der Waals surface area contributed by atoms with Crippen LogP contribution in [-0.4, -0.2) is 47.1 Å². The topological polar surface area (TPSA) is 83.1 Å². The van der Waals surface area contributed by atoms with Crippen molar-refractivity contribution < 1.29 is 9.53 Å². The lowest BCUT2D eigenvalue weighted by molar-refractivity contribution is 0.0927. The molecule has 2 N–H and O–H groups in total. The second kappa shape index (κ2) is 7.03. The fourth-order valence-electron chi connectivity index (χ4n) is 3.33. The second-order valence-electron chi connectivity index (χ2n) is 6.41. The largest absolute Gasteiger partial charge is 0.481 e. The number of rotatable bonds is 4. The zero-order chi connectivity index (χ0) is 17.9. The Hall–Kier alpha value is -3.09. The van der Waals surface area contributed by atoms with Gasteiger partial charge in [-0.05, 0) is 37.1 Å². The molecule has 0 unspecified atom stereocenters. The van der Waals surface area contributed by atoms with Crippen LogP contribution in [0.5, 0.6) is 5.88 Å². The Bertz CT molecular complexity index is 901. The molecule has 3 aromatic rings. The molecule has 4 rings (SSSR count). The number of aromatic amines is 1. The Balaban J connectivity index is 1.38. The molecule has 0 radical (unpaired) electrons. The molecule has 1 aliphatic heterocycles. The number of methoxy groups -OCH3 is 1. The first-order valence-electron chi connectivity index (χ1n) is 8.72. The fraction of sp³-hybridized carbons (Fsp3) is 0.316. The molecule has 26 heavy (non-hydrogen) atoms. The molecular formula is C19H21N5O2. The van der Waals surface area contributed by atoms with Crippen molar-refractivity contribution in [2.75, 3.05) is 25.1 Å². The van der Waals surface area contributed by atoms with Gasteiger partial charge in [-0.3, -0.25) is 9.78 Å². The number of aromatic nitrogens is 3. The standard InChI is InChI=1S/C19H21N5O2/c1-26-18-3-2-15-16(23-18)12-17(22-15)19(25)21-13-6-10-24(11-7-13)14-4-8-20-9-5-14/h2-5,8-9,12-13,22H,6-7,10-11H2,1H3,(H,21,25). The van der Waals surface area contributed by atoms with Crippen molar-refractivity contribution in [3.05, 3.63) is 48.4 Å². The van der Waals surface area contributed by atoms with Crippen LogP contribution in [0.4, 0.5) is 5.69 Å². The third-order valence-electron chi connectivity index (χ3n) is 4.76.